The number of ether oxygens (including phenoxy) is 8. The van der Waals surface area contributed by atoms with Crippen molar-refractivity contribution in [3.8, 4) is 0 Å². The molecule has 0 aliphatic carbocycles. The third kappa shape index (κ3) is 14.6. The second-order valence-electron chi connectivity index (χ2n) is 22.3. The van der Waals surface area contributed by atoms with Crippen LogP contribution in [0.15, 0.2) is 29.2 Å². The molecule has 1 aromatic heterocycles. The minimum absolute atomic E-state index is 0.175. The van der Waals surface area contributed by atoms with Crippen molar-refractivity contribution in [3.63, 3.8) is 0 Å². The lowest BCUT2D eigenvalue weighted by Crippen LogP contribution is -2.60. The van der Waals surface area contributed by atoms with E-state index in [1.54, 1.807) is 64.7 Å². The van der Waals surface area contributed by atoms with Crippen LogP contribution in [0, 0.1) is 17.8 Å². The van der Waals surface area contributed by atoms with Crippen molar-refractivity contribution in [1.82, 2.24) is 14.5 Å². The standard InChI is InChI=1S/C54H90N4O16/c1-16-42-54(9,66)48(61)34(6)57(14)28-30(2)27-53(8,65)49(74-52-45(60)40(55(10)11)24-31(3)70-52)32(4)46(33(5)51(64)72-42)73-43-26-41(67-15)47(35(7)71-43)69-23-22-68-21-17-18-36-19-20-39-37(25-36)44(59)38(50(62)63)29-58(39)56(12)13/h19-20,25,29-35,40-43,45-49,52,60-61,65-66H,16-18,21-24,26-28H2,1-15H3,(H,62,63)/t30-,31-,32+,33-,34-,35+,40+,41-,42-,43+,45-,46+,47+,48-,49-,52+,53-,54-/m1/s1. The van der Waals surface area contributed by atoms with Crippen LogP contribution >= 0.6 is 0 Å². The Bertz CT molecular complexity index is 2190. The molecule has 20 heteroatoms. The Labute approximate surface area is 438 Å². The normalized spacial score (nSPS) is 37.3. The summed E-state index contributed by atoms with van der Waals surface area (Å²) >= 11 is 0. The van der Waals surface area contributed by atoms with Crippen LogP contribution in [0.5, 0.6) is 0 Å². The number of carboxylic acids is 1. The number of likely N-dealkylation sites (N-methyl/N-ethyl adjacent to an activating group) is 2. The number of rotatable bonds is 17. The molecule has 422 valence electrons. The van der Waals surface area contributed by atoms with Crippen LogP contribution in [0.2, 0.25) is 0 Å². The maximum Gasteiger partial charge on any atom is 0.341 e. The number of aliphatic hydroxyl groups is 4. The van der Waals surface area contributed by atoms with Crippen molar-refractivity contribution in [2.45, 2.75) is 192 Å². The van der Waals surface area contributed by atoms with Gasteiger partial charge < -0.3 is 78.2 Å². The largest absolute Gasteiger partial charge is 0.477 e. The Morgan fingerprint density at radius 3 is 2.24 bits per heavy atom. The predicted octanol–water partition coefficient (Wildman–Crippen LogP) is 3.40. The van der Waals surface area contributed by atoms with E-state index in [1.165, 1.54) is 13.1 Å². The summed E-state index contributed by atoms with van der Waals surface area (Å²) < 4.78 is 52.5. The molecule has 18 atom stereocenters. The Morgan fingerprint density at radius 1 is 0.932 bits per heavy atom. The van der Waals surface area contributed by atoms with Crippen molar-refractivity contribution in [2.24, 2.45) is 17.8 Å². The summed E-state index contributed by atoms with van der Waals surface area (Å²) in [7, 11) is 10.7. The molecule has 5 rings (SSSR count). The summed E-state index contributed by atoms with van der Waals surface area (Å²) in [6.45, 7) is 17.3. The van der Waals surface area contributed by atoms with Crippen LogP contribution in [0.25, 0.3) is 10.9 Å². The zero-order chi connectivity index (χ0) is 55.1. The van der Waals surface area contributed by atoms with E-state index in [-0.39, 0.29) is 56.1 Å². The highest BCUT2D eigenvalue weighted by Gasteiger charge is 2.52. The molecule has 1 aromatic carbocycles. The average Bonchev–Trinajstić information content (AvgIpc) is 3.33. The highest BCUT2D eigenvalue weighted by atomic mass is 16.7. The Morgan fingerprint density at radius 2 is 1.62 bits per heavy atom. The average molecular weight is 1050 g/mol. The number of benzene rings is 1. The van der Waals surface area contributed by atoms with E-state index in [0.717, 1.165) is 5.56 Å². The number of nitrogens with zero attached hydrogens (tertiary/aromatic N) is 4. The summed E-state index contributed by atoms with van der Waals surface area (Å²) in [5.41, 5.74) is -2.78. The van der Waals surface area contributed by atoms with E-state index in [4.69, 9.17) is 37.9 Å². The fourth-order valence-electron chi connectivity index (χ4n) is 11.4. The summed E-state index contributed by atoms with van der Waals surface area (Å²) in [5.74, 6) is -3.99. The maximum absolute atomic E-state index is 14.5. The van der Waals surface area contributed by atoms with Gasteiger partial charge in [0.2, 0.25) is 5.43 Å². The monoisotopic (exact) mass is 1050 g/mol. The number of aromatic nitrogens is 1. The molecule has 0 spiro atoms. The quantitative estimate of drug-likeness (QED) is 0.113. The summed E-state index contributed by atoms with van der Waals surface area (Å²) in [5, 5.41) is 59.7. The molecule has 3 fully saturated rings. The Kier molecular flexibility index (Phi) is 21.9. The second kappa shape index (κ2) is 26.3. The van der Waals surface area contributed by atoms with Gasteiger partial charge in [0, 0.05) is 70.4 Å². The fourth-order valence-corrected chi connectivity index (χ4v) is 11.4. The molecule has 0 radical (unpaired) electrons. The van der Waals surface area contributed by atoms with Crippen molar-refractivity contribution >= 4 is 22.8 Å². The molecule has 3 saturated heterocycles. The number of carbonyl (C=O) groups is 2. The number of aromatic carboxylic acids is 1. The van der Waals surface area contributed by atoms with Crippen molar-refractivity contribution in [3.05, 3.63) is 45.7 Å². The van der Waals surface area contributed by atoms with Gasteiger partial charge in [-0.05, 0) is 118 Å². The summed E-state index contributed by atoms with van der Waals surface area (Å²) in [4.78, 5) is 43.2. The molecule has 0 bridgehead atoms. The predicted molar refractivity (Wildman–Crippen MR) is 278 cm³/mol. The Hall–Kier alpha value is -3.35. The SMILES string of the molecule is CC[C@H]1OC(=O)[C@H](C)[C@@H](O[C@H]2C[C@@H](OC)[C@@H](OCCOCCCc3ccc4c(c3)c(=O)c(C(=O)O)cn4N(C)C)[C@H](C)O2)[C@H](C)[C@@H](O[C@@H]2O[C@H](C)C[C@H](N(C)C)[C@H]2O)[C@](C)(O)C[C@@H](C)CN(C)[C@H](C)[C@@H](O)[C@]1(C)O. The van der Waals surface area contributed by atoms with Gasteiger partial charge in [-0.3, -0.25) is 14.3 Å². The molecule has 0 unspecified atom stereocenters. The second-order valence-corrected chi connectivity index (χ2v) is 22.3. The van der Waals surface area contributed by atoms with E-state index in [9.17, 15) is 39.9 Å². The molecular weight excluding hydrogens is 961 g/mol. The van der Waals surface area contributed by atoms with E-state index < -0.39 is 108 Å². The third-order valence-corrected chi connectivity index (χ3v) is 15.7. The first-order valence-corrected chi connectivity index (χ1v) is 26.5. The fraction of sp³-hybridized carbons (Fsp3) is 0.796. The minimum Gasteiger partial charge on any atom is -0.477 e. The zero-order valence-corrected chi connectivity index (χ0v) is 46.6. The van der Waals surface area contributed by atoms with Gasteiger partial charge in [-0.2, -0.15) is 0 Å². The number of methoxy groups -OCH3 is 1. The third-order valence-electron chi connectivity index (χ3n) is 15.7. The molecule has 20 nitrogen and oxygen atoms in total. The van der Waals surface area contributed by atoms with Crippen molar-refractivity contribution < 1.29 is 73.0 Å². The van der Waals surface area contributed by atoms with Crippen LogP contribution in [0.1, 0.15) is 110 Å². The van der Waals surface area contributed by atoms with Crippen LogP contribution in [0.4, 0.5) is 0 Å². The van der Waals surface area contributed by atoms with Gasteiger partial charge in [-0.15, -0.1) is 0 Å². The first kappa shape index (κ1) is 61.5. The van der Waals surface area contributed by atoms with Crippen LogP contribution in [-0.4, -0.2) is 211 Å². The number of esters is 1. The van der Waals surface area contributed by atoms with Crippen LogP contribution < -0.4 is 10.4 Å². The molecule has 2 aromatic rings. The van der Waals surface area contributed by atoms with E-state index in [0.29, 0.717) is 43.3 Å². The molecule has 3 aliphatic heterocycles. The van der Waals surface area contributed by atoms with Gasteiger partial charge in [0.05, 0.1) is 60.8 Å². The van der Waals surface area contributed by atoms with Gasteiger partial charge in [0.1, 0.15) is 35.6 Å². The summed E-state index contributed by atoms with van der Waals surface area (Å²) in [6.07, 6.45) is -5.84. The van der Waals surface area contributed by atoms with Crippen molar-refractivity contribution in [2.75, 3.05) is 73.7 Å². The highest BCUT2D eigenvalue weighted by molar-refractivity contribution is 5.92. The smallest absolute Gasteiger partial charge is 0.341 e. The van der Waals surface area contributed by atoms with E-state index in [2.05, 4.69) is 0 Å². The first-order valence-electron chi connectivity index (χ1n) is 26.5. The topological polar surface area (TPSA) is 241 Å². The first-order chi connectivity index (χ1) is 34.6. The molecule has 3 aliphatic rings. The number of fused-ring (bicyclic) bond motifs is 1. The number of cyclic esters (lactones) is 1. The number of aryl methyl sites for hydroxylation is 1. The van der Waals surface area contributed by atoms with Crippen LogP contribution in [-0.2, 0) is 49.1 Å². The molecule has 74 heavy (non-hydrogen) atoms. The number of aliphatic hydroxyl groups excluding tert-OH is 2. The Balaban J connectivity index is 1.32. The van der Waals surface area contributed by atoms with Gasteiger partial charge >= 0.3 is 11.9 Å². The molecule has 4 heterocycles. The van der Waals surface area contributed by atoms with Crippen LogP contribution in [0.3, 0.4) is 0 Å². The number of carbonyl (C=O) groups excluding carboxylic acids is 1. The molecule has 0 amide bonds. The highest BCUT2D eigenvalue weighted by Crippen LogP contribution is 2.39. The van der Waals surface area contributed by atoms with Gasteiger partial charge in [-0.1, -0.05) is 26.8 Å². The zero-order valence-electron chi connectivity index (χ0n) is 46.6. The lowest BCUT2D eigenvalue weighted by molar-refractivity contribution is -0.313. The number of hydrogen-bond acceptors (Lipinski definition) is 18. The number of carboxylic acid groups (broad SMARTS) is 1. The van der Waals surface area contributed by atoms with E-state index in [1.807, 2.05) is 70.8 Å². The van der Waals surface area contributed by atoms with Gasteiger partial charge in [0.25, 0.3) is 0 Å². The molecule has 5 N–H and O–H groups in total. The number of hydrogen-bond donors (Lipinski definition) is 5. The van der Waals surface area contributed by atoms with Gasteiger partial charge in [-0.25, -0.2) is 4.79 Å². The molecule has 0 saturated carbocycles. The summed E-state index contributed by atoms with van der Waals surface area (Å²) in [6, 6.07) is 4.61. The number of pyridine rings is 1. The lowest BCUT2D eigenvalue weighted by Gasteiger charge is -2.48. The minimum atomic E-state index is -1.84. The van der Waals surface area contributed by atoms with E-state index >= 15 is 0 Å². The van der Waals surface area contributed by atoms with Crippen molar-refractivity contribution in [1.29, 1.82) is 0 Å². The lowest BCUT2D eigenvalue weighted by atomic mass is 9.77. The van der Waals surface area contributed by atoms with Gasteiger partial charge in [0.15, 0.2) is 12.6 Å². The maximum atomic E-state index is 14.5. The molecular formula is C54H90N4O16.